The topological polar surface area (TPSA) is 94.6 Å². The molecule has 0 radical (unpaired) electrons. The number of hydrogen-bond donors (Lipinski definition) is 0. The van der Waals surface area contributed by atoms with Crippen LogP contribution < -0.4 is 10.5 Å². The molecule has 0 N–H and O–H groups in total. The van der Waals surface area contributed by atoms with Gasteiger partial charge in [-0.1, -0.05) is 0 Å². The van der Waals surface area contributed by atoms with Crippen molar-refractivity contribution in [2.45, 2.75) is 33.2 Å². The van der Waals surface area contributed by atoms with E-state index in [0.29, 0.717) is 18.3 Å². The van der Waals surface area contributed by atoms with E-state index in [-0.39, 0.29) is 5.56 Å². The first-order valence-electron chi connectivity index (χ1n) is 9.06. The number of nitrogens with zero attached hydrogens (tertiary/aromatic N) is 8. The molecule has 4 rings (SSSR count). The predicted molar refractivity (Wildman–Crippen MR) is 99.9 cm³/mol. The molecule has 0 aromatic carbocycles. The Morgan fingerprint density at radius 2 is 1.85 bits per heavy atom. The Balaban J connectivity index is 1.42. The lowest BCUT2D eigenvalue weighted by Crippen LogP contribution is -2.37. The van der Waals surface area contributed by atoms with Crippen LogP contribution >= 0.6 is 0 Å². The quantitative estimate of drug-likeness (QED) is 0.683. The van der Waals surface area contributed by atoms with Gasteiger partial charge in [0.05, 0.1) is 18.7 Å². The van der Waals surface area contributed by atoms with E-state index in [1.165, 1.54) is 6.33 Å². The average Bonchev–Trinajstić information content (AvgIpc) is 3.24. The van der Waals surface area contributed by atoms with E-state index in [2.05, 4.69) is 29.9 Å². The molecule has 0 bridgehead atoms. The number of hydrogen-bond acceptors (Lipinski definition) is 7. The number of piperidine rings is 1. The van der Waals surface area contributed by atoms with Crippen LogP contribution in [0.5, 0.6) is 0 Å². The van der Waals surface area contributed by atoms with Gasteiger partial charge in [-0.15, -0.1) is 0 Å². The molecule has 9 heteroatoms. The zero-order chi connectivity index (χ0) is 18.8. The molecule has 0 atom stereocenters. The Labute approximate surface area is 156 Å². The Kier molecular flexibility index (Phi) is 4.66. The average molecular weight is 366 g/mol. The van der Waals surface area contributed by atoms with Gasteiger partial charge in [0, 0.05) is 30.9 Å². The molecule has 0 spiro atoms. The van der Waals surface area contributed by atoms with Gasteiger partial charge < -0.3 is 4.90 Å². The molecule has 1 fully saturated rings. The second-order valence-electron chi connectivity index (χ2n) is 6.92. The molecule has 0 amide bonds. The minimum Gasteiger partial charge on any atom is -0.355 e. The summed E-state index contributed by atoms with van der Waals surface area (Å²) in [5.41, 5.74) is 1.60. The lowest BCUT2D eigenvalue weighted by atomic mass is 9.96. The van der Waals surface area contributed by atoms with E-state index in [4.69, 9.17) is 0 Å². The standard InChI is InChI=1S/C18H22N8O/c1-13-14(2)21-12-25(18(13)27)9-15-3-5-24(6-4-15)16-7-19-8-17(23-16)26-11-20-10-22-26/h7-8,10-12,15H,3-6,9H2,1-2H3. The zero-order valence-electron chi connectivity index (χ0n) is 15.5. The van der Waals surface area contributed by atoms with Gasteiger partial charge in [-0.25, -0.2) is 19.6 Å². The smallest absolute Gasteiger partial charge is 0.256 e. The van der Waals surface area contributed by atoms with Crippen molar-refractivity contribution in [3.05, 3.63) is 53.0 Å². The van der Waals surface area contributed by atoms with E-state index in [0.717, 1.165) is 43.0 Å². The van der Waals surface area contributed by atoms with Crippen molar-refractivity contribution in [3.8, 4) is 5.82 Å². The minimum atomic E-state index is 0.0660. The number of rotatable bonds is 4. The van der Waals surface area contributed by atoms with Crippen LogP contribution in [0.3, 0.4) is 0 Å². The van der Waals surface area contributed by atoms with Gasteiger partial charge in [0.15, 0.2) is 5.82 Å². The van der Waals surface area contributed by atoms with Crippen LogP contribution in [-0.2, 0) is 6.54 Å². The van der Waals surface area contributed by atoms with Crippen LogP contribution in [0.25, 0.3) is 5.82 Å². The van der Waals surface area contributed by atoms with Gasteiger partial charge in [-0.05, 0) is 32.6 Å². The summed E-state index contributed by atoms with van der Waals surface area (Å²) in [6.07, 6.45) is 10.2. The molecule has 1 aliphatic rings. The minimum absolute atomic E-state index is 0.0660. The maximum atomic E-state index is 12.4. The van der Waals surface area contributed by atoms with E-state index >= 15 is 0 Å². The fraction of sp³-hybridized carbons (Fsp3) is 0.444. The van der Waals surface area contributed by atoms with Crippen LogP contribution in [0.2, 0.25) is 0 Å². The molecule has 1 saturated heterocycles. The first-order valence-corrected chi connectivity index (χ1v) is 9.06. The van der Waals surface area contributed by atoms with Crippen LogP contribution in [-0.4, -0.2) is 47.4 Å². The molecule has 140 valence electrons. The highest BCUT2D eigenvalue weighted by Crippen LogP contribution is 2.23. The summed E-state index contributed by atoms with van der Waals surface area (Å²) < 4.78 is 3.34. The Hall–Kier alpha value is -3.10. The molecule has 9 nitrogen and oxygen atoms in total. The molecular weight excluding hydrogens is 344 g/mol. The zero-order valence-corrected chi connectivity index (χ0v) is 15.5. The van der Waals surface area contributed by atoms with Gasteiger partial charge in [0.1, 0.15) is 18.5 Å². The third kappa shape index (κ3) is 3.57. The Morgan fingerprint density at radius 1 is 1.07 bits per heavy atom. The van der Waals surface area contributed by atoms with Crippen molar-refractivity contribution in [1.29, 1.82) is 0 Å². The first-order chi connectivity index (χ1) is 13.1. The highest BCUT2D eigenvalue weighted by molar-refractivity contribution is 5.39. The molecule has 4 heterocycles. The van der Waals surface area contributed by atoms with Crippen LogP contribution in [0, 0.1) is 19.8 Å². The van der Waals surface area contributed by atoms with Crippen molar-refractivity contribution in [2.75, 3.05) is 18.0 Å². The van der Waals surface area contributed by atoms with E-state index < -0.39 is 0 Å². The summed E-state index contributed by atoms with van der Waals surface area (Å²) in [5, 5.41) is 4.10. The number of aryl methyl sites for hydroxylation is 1. The van der Waals surface area contributed by atoms with Crippen LogP contribution in [0.4, 0.5) is 5.82 Å². The van der Waals surface area contributed by atoms with Crippen molar-refractivity contribution in [2.24, 2.45) is 5.92 Å². The van der Waals surface area contributed by atoms with Gasteiger partial charge in [0.2, 0.25) is 0 Å². The number of anilines is 1. The number of aromatic nitrogens is 7. The van der Waals surface area contributed by atoms with Crippen LogP contribution in [0.1, 0.15) is 24.1 Å². The lowest BCUT2D eigenvalue weighted by molar-refractivity contribution is 0.349. The van der Waals surface area contributed by atoms with Crippen LogP contribution in [0.15, 0.2) is 36.2 Å². The largest absolute Gasteiger partial charge is 0.355 e. The molecule has 0 saturated carbocycles. The first kappa shape index (κ1) is 17.3. The third-order valence-electron chi connectivity index (χ3n) is 5.17. The summed E-state index contributed by atoms with van der Waals surface area (Å²) >= 11 is 0. The SMILES string of the molecule is Cc1ncn(CC2CCN(c3cncc(-n4cncn4)n3)CC2)c(=O)c1C. The molecule has 0 unspecified atom stereocenters. The summed E-state index contributed by atoms with van der Waals surface area (Å²) in [6.45, 7) is 6.18. The van der Waals surface area contributed by atoms with Gasteiger partial charge in [-0.2, -0.15) is 5.10 Å². The normalized spacial score (nSPS) is 15.3. The van der Waals surface area contributed by atoms with E-state index in [9.17, 15) is 4.79 Å². The maximum absolute atomic E-state index is 12.4. The fourth-order valence-electron chi connectivity index (χ4n) is 3.36. The molecule has 3 aromatic heterocycles. The molecule has 0 aliphatic carbocycles. The van der Waals surface area contributed by atoms with Crippen molar-refractivity contribution < 1.29 is 0 Å². The Morgan fingerprint density at radius 3 is 2.59 bits per heavy atom. The second-order valence-corrected chi connectivity index (χ2v) is 6.92. The lowest BCUT2D eigenvalue weighted by Gasteiger charge is -2.32. The van der Waals surface area contributed by atoms with Crippen molar-refractivity contribution in [3.63, 3.8) is 0 Å². The summed E-state index contributed by atoms with van der Waals surface area (Å²) in [5.74, 6) is 1.95. The molecule has 3 aromatic rings. The van der Waals surface area contributed by atoms with Gasteiger partial charge >= 0.3 is 0 Å². The molecular formula is C18H22N8O. The third-order valence-corrected chi connectivity index (χ3v) is 5.17. The Bertz CT molecular complexity index is 973. The second kappa shape index (κ2) is 7.26. The van der Waals surface area contributed by atoms with E-state index in [1.807, 2.05) is 13.8 Å². The summed E-state index contributed by atoms with van der Waals surface area (Å²) in [4.78, 5) is 31.8. The monoisotopic (exact) mass is 366 g/mol. The molecule has 1 aliphatic heterocycles. The highest BCUT2D eigenvalue weighted by atomic mass is 16.1. The fourth-order valence-corrected chi connectivity index (χ4v) is 3.36. The highest BCUT2D eigenvalue weighted by Gasteiger charge is 2.22. The maximum Gasteiger partial charge on any atom is 0.256 e. The van der Waals surface area contributed by atoms with Gasteiger partial charge in [-0.3, -0.25) is 14.3 Å². The predicted octanol–water partition coefficient (Wildman–Crippen LogP) is 1.15. The van der Waals surface area contributed by atoms with Crippen molar-refractivity contribution in [1.82, 2.24) is 34.3 Å². The molecule has 27 heavy (non-hydrogen) atoms. The van der Waals surface area contributed by atoms with Gasteiger partial charge in [0.25, 0.3) is 5.56 Å². The summed E-state index contributed by atoms with van der Waals surface area (Å²) in [6, 6.07) is 0. The summed E-state index contributed by atoms with van der Waals surface area (Å²) in [7, 11) is 0. The van der Waals surface area contributed by atoms with Crippen molar-refractivity contribution >= 4 is 5.82 Å². The van der Waals surface area contributed by atoms with E-state index in [1.54, 1.807) is 34.3 Å².